The lowest BCUT2D eigenvalue weighted by Crippen LogP contribution is -2.07. The number of carbonyl (C=O) groups is 1. The smallest absolute Gasteiger partial charge is 0.419 e. The number of hydrogen-bond acceptors (Lipinski definition) is 3. The summed E-state index contributed by atoms with van der Waals surface area (Å²) in [6.45, 7) is 0.675. The Bertz CT molecular complexity index is 1090. The van der Waals surface area contributed by atoms with Crippen molar-refractivity contribution in [2.24, 2.45) is 0 Å². The summed E-state index contributed by atoms with van der Waals surface area (Å²) in [6, 6.07) is 10.6. The third kappa shape index (κ3) is 3.74. The monoisotopic (exact) mass is 405 g/mol. The van der Waals surface area contributed by atoms with E-state index in [1.54, 1.807) is 12.1 Å². The first-order valence-electron chi connectivity index (χ1n) is 9.09. The van der Waals surface area contributed by atoms with E-state index in [1.807, 2.05) is 12.1 Å². The van der Waals surface area contributed by atoms with Gasteiger partial charge < -0.3 is 19.5 Å². The number of carboxylic acid groups (broad SMARTS) is 1. The maximum absolute atomic E-state index is 12.9. The van der Waals surface area contributed by atoms with Crippen LogP contribution in [0.5, 0.6) is 11.5 Å². The highest BCUT2D eigenvalue weighted by molar-refractivity contribution is 5.83. The van der Waals surface area contributed by atoms with Crippen molar-refractivity contribution in [1.29, 1.82) is 0 Å². The summed E-state index contributed by atoms with van der Waals surface area (Å²) in [5.74, 6) is -1.17. The lowest BCUT2D eigenvalue weighted by molar-refractivity contribution is -0.139. The molecule has 0 amide bonds. The fraction of sp³-hybridized carbons (Fsp3) is 0.286. The van der Waals surface area contributed by atoms with Crippen LogP contribution in [0.3, 0.4) is 0 Å². The van der Waals surface area contributed by atoms with Crippen LogP contribution in [0.15, 0.2) is 42.5 Å². The van der Waals surface area contributed by atoms with Crippen LogP contribution in [0.2, 0.25) is 0 Å². The minimum Gasteiger partial charge on any atom is -0.507 e. The normalized spacial score (nSPS) is 16.2. The molecule has 29 heavy (non-hydrogen) atoms. The summed E-state index contributed by atoms with van der Waals surface area (Å²) in [5, 5.41) is 19.4. The first kappa shape index (κ1) is 19.2. The molecular formula is C21H18F3NO4. The average molecular weight is 405 g/mol. The maximum atomic E-state index is 12.9. The van der Waals surface area contributed by atoms with Gasteiger partial charge in [0.25, 0.3) is 0 Å². The number of aliphatic carboxylic acids is 1. The second-order valence-corrected chi connectivity index (χ2v) is 7.16. The number of fused-ring (bicyclic) bond motifs is 3. The minimum atomic E-state index is -4.64. The Morgan fingerprint density at radius 2 is 1.97 bits per heavy atom. The first-order valence-corrected chi connectivity index (χ1v) is 9.09. The number of aryl methyl sites for hydroxylation is 1. The van der Waals surface area contributed by atoms with E-state index in [4.69, 9.17) is 9.84 Å². The summed E-state index contributed by atoms with van der Waals surface area (Å²) in [7, 11) is 0. The maximum Gasteiger partial charge on any atom is 0.419 e. The molecule has 8 heteroatoms. The van der Waals surface area contributed by atoms with Gasteiger partial charge in [0, 0.05) is 29.1 Å². The van der Waals surface area contributed by atoms with E-state index in [9.17, 15) is 23.1 Å². The Balaban J connectivity index is 1.54. The highest BCUT2D eigenvalue weighted by Gasteiger charge is 2.34. The molecule has 2 heterocycles. The summed E-state index contributed by atoms with van der Waals surface area (Å²) < 4.78 is 46.5. The number of carboxylic acids is 1. The minimum absolute atomic E-state index is 0.0259. The number of benzene rings is 2. The third-order valence-electron chi connectivity index (χ3n) is 5.22. The van der Waals surface area contributed by atoms with Crippen molar-refractivity contribution in [1.82, 2.24) is 4.57 Å². The number of nitrogens with zero attached hydrogens (tertiary/aromatic N) is 1. The molecule has 3 aromatic rings. The fourth-order valence-corrected chi connectivity index (χ4v) is 3.86. The molecule has 5 nitrogen and oxygen atoms in total. The van der Waals surface area contributed by atoms with Crippen LogP contribution in [-0.2, 0) is 24.1 Å². The lowest BCUT2D eigenvalue weighted by Gasteiger charge is -2.12. The van der Waals surface area contributed by atoms with Gasteiger partial charge in [-0.15, -0.1) is 0 Å². The Kier molecular flexibility index (Phi) is 4.64. The molecule has 0 saturated carbocycles. The van der Waals surface area contributed by atoms with Gasteiger partial charge in [0.1, 0.15) is 18.1 Å². The number of phenols is 1. The standard InChI is InChI=1S/C21H18F3NO4/c22-21(23,24)16-7-12(1-4-19(16)26)11-29-15-2-3-17-14(8-15)9-18-13(10-20(27)28)5-6-25(17)18/h1-4,7-9,13,26H,5-6,10-11H2,(H,27,28). The van der Waals surface area contributed by atoms with E-state index in [0.717, 1.165) is 41.7 Å². The number of aromatic nitrogens is 1. The van der Waals surface area contributed by atoms with E-state index in [0.29, 0.717) is 5.75 Å². The zero-order valence-corrected chi connectivity index (χ0v) is 15.2. The predicted molar refractivity (Wildman–Crippen MR) is 99.0 cm³/mol. The van der Waals surface area contributed by atoms with Crippen LogP contribution < -0.4 is 4.74 Å². The van der Waals surface area contributed by atoms with Crippen LogP contribution in [0.1, 0.15) is 35.6 Å². The predicted octanol–water partition coefficient (Wildman–Crippen LogP) is 4.91. The van der Waals surface area contributed by atoms with E-state index in [1.165, 1.54) is 6.07 Å². The fourth-order valence-electron chi connectivity index (χ4n) is 3.86. The van der Waals surface area contributed by atoms with Crippen molar-refractivity contribution >= 4 is 16.9 Å². The molecule has 2 N–H and O–H groups in total. The van der Waals surface area contributed by atoms with Gasteiger partial charge in [-0.2, -0.15) is 13.2 Å². The number of phenolic OH excluding ortho intramolecular Hbond substituents is 1. The lowest BCUT2D eigenvalue weighted by atomic mass is 10.0. The highest BCUT2D eigenvalue weighted by atomic mass is 19.4. The van der Waals surface area contributed by atoms with Crippen molar-refractivity contribution < 1.29 is 32.9 Å². The van der Waals surface area contributed by atoms with Gasteiger partial charge >= 0.3 is 12.1 Å². The Morgan fingerprint density at radius 3 is 2.69 bits per heavy atom. The molecule has 1 unspecified atom stereocenters. The van der Waals surface area contributed by atoms with Gasteiger partial charge in [-0.1, -0.05) is 6.07 Å². The summed E-state index contributed by atoms with van der Waals surface area (Å²) in [4.78, 5) is 11.0. The van der Waals surface area contributed by atoms with Crippen LogP contribution in [0.25, 0.3) is 10.9 Å². The van der Waals surface area contributed by atoms with Gasteiger partial charge in [0.2, 0.25) is 0 Å². The molecule has 1 atom stereocenters. The van der Waals surface area contributed by atoms with Crippen molar-refractivity contribution in [2.45, 2.75) is 38.1 Å². The molecule has 1 aliphatic heterocycles. The van der Waals surface area contributed by atoms with Crippen LogP contribution in [0.4, 0.5) is 13.2 Å². The van der Waals surface area contributed by atoms with Gasteiger partial charge in [-0.3, -0.25) is 4.79 Å². The average Bonchev–Trinajstić information content (AvgIpc) is 3.19. The van der Waals surface area contributed by atoms with Gasteiger partial charge in [0.15, 0.2) is 0 Å². The molecule has 1 aromatic heterocycles. The number of alkyl halides is 3. The topological polar surface area (TPSA) is 71.7 Å². The number of ether oxygens (including phenoxy) is 1. The van der Waals surface area contributed by atoms with Crippen LogP contribution >= 0.6 is 0 Å². The number of halogens is 3. The van der Waals surface area contributed by atoms with E-state index in [2.05, 4.69) is 4.57 Å². The first-order chi connectivity index (χ1) is 13.7. The Labute approximate surface area is 163 Å². The molecular weight excluding hydrogens is 387 g/mol. The van der Waals surface area contributed by atoms with Crippen molar-refractivity contribution in [2.75, 3.05) is 0 Å². The second kappa shape index (κ2) is 7.02. The zero-order chi connectivity index (χ0) is 20.8. The van der Waals surface area contributed by atoms with Crippen molar-refractivity contribution in [3.05, 3.63) is 59.3 Å². The molecule has 2 aromatic carbocycles. The molecule has 0 aliphatic carbocycles. The molecule has 0 fully saturated rings. The SMILES string of the molecule is O=C(O)CC1CCn2c1cc1cc(OCc3ccc(O)c(C(F)(F)F)c3)ccc12. The van der Waals surface area contributed by atoms with E-state index >= 15 is 0 Å². The molecule has 0 saturated heterocycles. The number of hydrogen-bond donors (Lipinski definition) is 2. The molecule has 1 aliphatic rings. The van der Waals surface area contributed by atoms with Crippen molar-refractivity contribution in [3.63, 3.8) is 0 Å². The van der Waals surface area contributed by atoms with E-state index in [-0.39, 0.29) is 24.5 Å². The molecule has 0 bridgehead atoms. The Hall–Kier alpha value is -3.16. The molecule has 4 rings (SSSR count). The van der Waals surface area contributed by atoms with E-state index < -0.39 is 23.5 Å². The quantitative estimate of drug-likeness (QED) is 0.633. The Morgan fingerprint density at radius 1 is 1.17 bits per heavy atom. The van der Waals surface area contributed by atoms with Crippen LogP contribution in [0, 0.1) is 0 Å². The summed E-state index contributed by atoms with van der Waals surface area (Å²) in [6.07, 6.45) is -3.77. The summed E-state index contributed by atoms with van der Waals surface area (Å²) in [5.41, 5.74) is 1.15. The molecule has 0 radical (unpaired) electrons. The third-order valence-corrected chi connectivity index (χ3v) is 5.22. The molecule has 0 spiro atoms. The second-order valence-electron chi connectivity index (χ2n) is 7.16. The highest BCUT2D eigenvalue weighted by Crippen LogP contribution is 2.38. The number of rotatable bonds is 5. The zero-order valence-electron chi connectivity index (χ0n) is 15.2. The summed E-state index contributed by atoms with van der Waals surface area (Å²) >= 11 is 0. The molecule has 152 valence electrons. The van der Waals surface area contributed by atoms with Crippen molar-refractivity contribution in [3.8, 4) is 11.5 Å². The van der Waals surface area contributed by atoms with Gasteiger partial charge in [-0.25, -0.2) is 0 Å². The van der Waals surface area contributed by atoms with Gasteiger partial charge in [-0.05, 0) is 48.4 Å². The van der Waals surface area contributed by atoms with Gasteiger partial charge in [0.05, 0.1) is 12.0 Å². The van der Waals surface area contributed by atoms with Crippen LogP contribution in [-0.4, -0.2) is 20.7 Å². The number of aromatic hydroxyl groups is 1. The largest absolute Gasteiger partial charge is 0.507 e.